The highest BCUT2D eigenvalue weighted by atomic mass is 127. The highest BCUT2D eigenvalue weighted by Crippen LogP contribution is 2.15. The van der Waals surface area contributed by atoms with Gasteiger partial charge < -0.3 is 19.9 Å². The summed E-state index contributed by atoms with van der Waals surface area (Å²) >= 11 is 0. The quantitative estimate of drug-likeness (QED) is 0.332. The molecule has 2 rings (SSSR count). The number of nitrogens with zero attached hydrogens (tertiary/aromatic N) is 2. The van der Waals surface area contributed by atoms with Gasteiger partial charge in [0.1, 0.15) is 18.4 Å². The second-order valence-electron chi connectivity index (χ2n) is 6.69. The lowest BCUT2D eigenvalue weighted by Gasteiger charge is -2.17. The average molecular weight is 486 g/mol. The SMILES string of the molecule is CCNC(=NCc1cc(C(C)C)no1)NCC(C)Oc1cccc(C)c1.I. The molecule has 2 N–H and O–H groups in total. The number of hydrogen-bond donors (Lipinski definition) is 2. The highest BCUT2D eigenvalue weighted by molar-refractivity contribution is 14.0. The minimum atomic E-state index is 0. The van der Waals surface area contributed by atoms with E-state index >= 15 is 0 Å². The van der Waals surface area contributed by atoms with Gasteiger partial charge in [-0.1, -0.05) is 31.1 Å². The lowest BCUT2D eigenvalue weighted by atomic mass is 10.1. The summed E-state index contributed by atoms with van der Waals surface area (Å²) in [7, 11) is 0. The molecule has 0 bridgehead atoms. The Labute approximate surface area is 179 Å². The predicted octanol–water partition coefficient (Wildman–Crippen LogP) is 4.25. The van der Waals surface area contributed by atoms with Crippen LogP contribution in [0.5, 0.6) is 5.75 Å². The molecular weight excluding hydrogens is 455 g/mol. The van der Waals surface area contributed by atoms with Gasteiger partial charge in [0.15, 0.2) is 11.7 Å². The first-order valence-corrected chi connectivity index (χ1v) is 9.19. The van der Waals surface area contributed by atoms with E-state index in [1.54, 1.807) is 0 Å². The van der Waals surface area contributed by atoms with Crippen LogP contribution in [-0.4, -0.2) is 30.3 Å². The van der Waals surface area contributed by atoms with Gasteiger partial charge in [0.2, 0.25) is 0 Å². The molecule has 1 atom stereocenters. The molecule has 2 aromatic rings. The van der Waals surface area contributed by atoms with Crippen LogP contribution in [0.25, 0.3) is 0 Å². The molecule has 27 heavy (non-hydrogen) atoms. The van der Waals surface area contributed by atoms with E-state index in [1.165, 1.54) is 5.56 Å². The number of benzene rings is 1. The first kappa shape index (κ1) is 23.3. The van der Waals surface area contributed by atoms with E-state index in [-0.39, 0.29) is 30.1 Å². The minimum absolute atomic E-state index is 0. The number of aliphatic imine (C=N–C) groups is 1. The van der Waals surface area contributed by atoms with E-state index in [4.69, 9.17) is 9.26 Å². The second-order valence-corrected chi connectivity index (χ2v) is 6.69. The fourth-order valence-electron chi connectivity index (χ4n) is 2.38. The lowest BCUT2D eigenvalue weighted by Crippen LogP contribution is -2.41. The van der Waals surface area contributed by atoms with Crippen LogP contribution in [0.1, 0.15) is 50.6 Å². The van der Waals surface area contributed by atoms with Gasteiger partial charge in [0.25, 0.3) is 0 Å². The molecule has 0 spiro atoms. The second kappa shape index (κ2) is 11.8. The molecule has 1 heterocycles. The molecule has 6 nitrogen and oxygen atoms in total. The van der Waals surface area contributed by atoms with Crippen molar-refractivity contribution in [1.29, 1.82) is 0 Å². The molecule has 0 saturated carbocycles. The summed E-state index contributed by atoms with van der Waals surface area (Å²) in [6.07, 6.45) is 0.0125. The third kappa shape index (κ3) is 8.19. The summed E-state index contributed by atoms with van der Waals surface area (Å²) in [6, 6.07) is 10.0. The molecule has 1 aromatic carbocycles. The topological polar surface area (TPSA) is 71.7 Å². The van der Waals surface area contributed by atoms with E-state index < -0.39 is 0 Å². The summed E-state index contributed by atoms with van der Waals surface area (Å²) in [4.78, 5) is 4.55. The minimum Gasteiger partial charge on any atom is -0.489 e. The zero-order chi connectivity index (χ0) is 18.9. The summed E-state index contributed by atoms with van der Waals surface area (Å²) < 4.78 is 11.3. The highest BCUT2D eigenvalue weighted by Gasteiger charge is 2.09. The fourth-order valence-corrected chi connectivity index (χ4v) is 2.38. The molecule has 1 unspecified atom stereocenters. The van der Waals surface area contributed by atoms with Crippen LogP contribution in [0.2, 0.25) is 0 Å². The third-order valence-electron chi connectivity index (χ3n) is 3.79. The number of aryl methyl sites for hydroxylation is 1. The molecular formula is C20H31IN4O2. The Kier molecular flexibility index (Phi) is 10.2. The van der Waals surface area contributed by atoms with E-state index in [9.17, 15) is 0 Å². The average Bonchev–Trinajstić information content (AvgIpc) is 3.07. The van der Waals surface area contributed by atoms with Gasteiger partial charge in [-0.2, -0.15) is 0 Å². The Morgan fingerprint density at radius 2 is 2.00 bits per heavy atom. The van der Waals surface area contributed by atoms with Crippen molar-refractivity contribution in [1.82, 2.24) is 15.8 Å². The van der Waals surface area contributed by atoms with Crippen molar-refractivity contribution >= 4 is 29.9 Å². The van der Waals surface area contributed by atoms with Crippen LogP contribution < -0.4 is 15.4 Å². The van der Waals surface area contributed by atoms with E-state index in [0.717, 1.165) is 29.7 Å². The van der Waals surface area contributed by atoms with Crippen molar-refractivity contribution in [2.75, 3.05) is 13.1 Å². The van der Waals surface area contributed by atoms with Gasteiger partial charge in [-0.3, -0.25) is 0 Å². The molecule has 150 valence electrons. The Morgan fingerprint density at radius 3 is 2.63 bits per heavy atom. The lowest BCUT2D eigenvalue weighted by molar-refractivity contribution is 0.223. The van der Waals surface area contributed by atoms with Gasteiger partial charge in [-0.25, -0.2) is 4.99 Å². The summed E-state index contributed by atoms with van der Waals surface area (Å²) in [6.45, 7) is 12.2. The first-order chi connectivity index (χ1) is 12.5. The Hall–Kier alpha value is -1.77. The maximum Gasteiger partial charge on any atom is 0.191 e. The number of guanidine groups is 1. The van der Waals surface area contributed by atoms with Gasteiger partial charge in [-0.05, 0) is 44.4 Å². The Bertz CT molecular complexity index is 716. The third-order valence-corrected chi connectivity index (χ3v) is 3.79. The van der Waals surface area contributed by atoms with Crippen molar-refractivity contribution < 1.29 is 9.26 Å². The molecule has 0 amide bonds. The van der Waals surface area contributed by atoms with E-state index in [1.807, 2.05) is 38.1 Å². The van der Waals surface area contributed by atoms with Crippen LogP contribution in [0.15, 0.2) is 39.8 Å². The summed E-state index contributed by atoms with van der Waals surface area (Å²) in [5.41, 5.74) is 2.14. The van der Waals surface area contributed by atoms with Gasteiger partial charge in [-0.15, -0.1) is 24.0 Å². The van der Waals surface area contributed by atoms with Crippen molar-refractivity contribution in [3.05, 3.63) is 47.3 Å². The largest absolute Gasteiger partial charge is 0.489 e. The first-order valence-electron chi connectivity index (χ1n) is 9.19. The van der Waals surface area contributed by atoms with Crippen LogP contribution in [-0.2, 0) is 6.54 Å². The monoisotopic (exact) mass is 486 g/mol. The molecule has 7 heteroatoms. The molecule has 0 aliphatic rings. The van der Waals surface area contributed by atoms with Gasteiger partial charge in [0, 0.05) is 12.6 Å². The maximum absolute atomic E-state index is 5.94. The van der Waals surface area contributed by atoms with Crippen molar-refractivity contribution in [2.45, 2.75) is 53.2 Å². The smallest absolute Gasteiger partial charge is 0.191 e. The number of ether oxygens (including phenoxy) is 1. The summed E-state index contributed by atoms with van der Waals surface area (Å²) in [5.74, 6) is 2.72. The molecule has 0 aliphatic carbocycles. The Balaban J connectivity index is 0.00000364. The van der Waals surface area contributed by atoms with E-state index in [0.29, 0.717) is 19.0 Å². The normalized spacial score (nSPS) is 12.4. The van der Waals surface area contributed by atoms with Crippen molar-refractivity contribution in [3.63, 3.8) is 0 Å². The van der Waals surface area contributed by atoms with Crippen molar-refractivity contribution in [2.24, 2.45) is 4.99 Å². The summed E-state index contributed by atoms with van der Waals surface area (Å²) in [5, 5.41) is 10.6. The molecule has 0 radical (unpaired) electrons. The number of rotatable bonds is 8. The van der Waals surface area contributed by atoms with Crippen molar-refractivity contribution in [3.8, 4) is 5.75 Å². The number of halogens is 1. The Morgan fingerprint density at radius 1 is 1.22 bits per heavy atom. The predicted molar refractivity (Wildman–Crippen MR) is 120 cm³/mol. The maximum atomic E-state index is 5.94. The standard InChI is InChI=1S/C20H30N4O2.HI/c1-6-21-20(23-13-18-11-19(14(2)3)24-26-18)22-12-16(5)25-17-9-7-8-15(4)10-17;/h7-11,14,16H,6,12-13H2,1-5H3,(H2,21,22,23);1H. The molecule has 0 saturated heterocycles. The van der Waals surface area contributed by atoms with E-state index in [2.05, 4.69) is 47.6 Å². The van der Waals surface area contributed by atoms with Crippen LogP contribution >= 0.6 is 24.0 Å². The molecule has 0 fully saturated rings. The fraction of sp³-hybridized carbons (Fsp3) is 0.500. The number of nitrogens with one attached hydrogen (secondary N) is 2. The van der Waals surface area contributed by atoms with Gasteiger partial charge in [0.05, 0.1) is 12.2 Å². The molecule has 1 aromatic heterocycles. The number of hydrogen-bond acceptors (Lipinski definition) is 4. The van der Waals surface area contributed by atoms with Crippen LogP contribution in [0, 0.1) is 6.92 Å². The zero-order valence-corrected chi connectivity index (χ0v) is 19.1. The molecule has 0 aliphatic heterocycles. The number of aromatic nitrogens is 1. The van der Waals surface area contributed by atoms with Crippen LogP contribution in [0.4, 0.5) is 0 Å². The zero-order valence-electron chi connectivity index (χ0n) is 16.8. The van der Waals surface area contributed by atoms with Gasteiger partial charge >= 0.3 is 0 Å². The van der Waals surface area contributed by atoms with Crippen LogP contribution in [0.3, 0.4) is 0 Å².